The maximum Gasteiger partial charge on any atom is 0.287 e. The van der Waals surface area contributed by atoms with Crippen LogP contribution in [0.4, 0.5) is 0 Å². The fourth-order valence-corrected chi connectivity index (χ4v) is 3.31. The number of thiazole rings is 1. The highest BCUT2D eigenvalue weighted by Gasteiger charge is 2.15. The molecule has 7 heteroatoms. The van der Waals surface area contributed by atoms with Crippen LogP contribution in [0.15, 0.2) is 40.8 Å². The number of benzene rings is 1. The van der Waals surface area contributed by atoms with Gasteiger partial charge >= 0.3 is 0 Å². The zero-order valence-electron chi connectivity index (χ0n) is 14.7. The molecule has 0 saturated carbocycles. The van der Waals surface area contributed by atoms with Crippen LogP contribution < -0.4 is 10.6 Å². The first kappa shape index (κ1) is 18.1. The number of fused-ring (bicyclic) bond motifs is 1. The van der Waals surface area contributed by atoms with Gasteiger partial charge < -0.3 is 15.1 Å². The predicted molar refractivity (Wildman–Crippen MR) is 102 cm³/mol. The second-order valence-corrected chi connectivity index (χ2v) is 7.06. The van der Waals surface area contributed by atoms with Gasteiger partial charge in [0, 0.05) is 19.0 Å². The number of rotatable bonds is 7. The SMILES string of the molecule is CCC(C)NC(=O)CCNC(=O)c1ccc(-c2nc3ccccc3s2)o1. The van der Waals surface area contributed by atoms with Gasteiger partial charge in [-0.05, 0) is 37.6 Å². The monoisotopic (exact) mass is 371 g/mol. The zero-order valence-corrected chi connectivity index (χ0v) is 15.6. The third kappa shape index (κ3) is 4.29. The first-order valence-corrected chi connectivity index (χ1v) is 9.41. The summed E-state index contributed by atoms with van der Waals surface area (Å²) in [6.45, 7) is 4.22. The molecule has 0 radical (unpaired) electrons. The Hall–Kier alpha value is -2.67. The topological polar surface area (TPSA) is 84.2 Å². The minimum atomic E-state index is -0.339. The van der Waals surface area contributed by atoms with Gasteiger partial charge in [-0.15, -0.1) is 11.3 Å². The average Bonchev–Trinajstić information content (AvgIpc) is 3.28. The summed E-state index contributed by atoms with van der Waals surface area (Å²) in [6.07, 6.45) is 1.11. The number of aromatic nitrogens is 1. The summed E-state index contributed by atoms with van der Waals surface area (Å²) in [7, 11) is 0. The molecule has 0 bridgehead atoms. The lowest BCUT2D eigenvalue weighted by Gasteiger charge is -2.11. The Kier molecular flexibility index (Phi) is 5.68. The van der Waals surface area contributed by atoms with E-state index in [2.05, 4.69) is 15.6 Å². The lowest BCUT2D eigenvalue weighted by Crippen LogP contribution is -2.35. The summed E-state index contributed by atoms with van der Waals surface area (Å²) >= 11 is 1.52. The molecule has 1 unspecified atom stereocenters. The van der Waals surface area contributed by atoms with E-state index in [1.165, 1.54) is 11.3 Å². The maximum atomic E-state index is 12.2. The molecular formula is C19H21N3O3S. The van der Waals surface area contributed by atoms with Crippen LogP contribution in [0, 0.1) is 0 Å². The molecule has 3 aromatic rings. The standard InChI is InChI=1S/C19H21N3O3S/c1-3-12(2)21-17(23)10-11-20-18(24)14-8-9-15(25-14)19-22-13-6-4-5-7-16(13)26-19/h4-9,12H,3,10-11H2,1-2H3,(H,20,24)(H,21,23). The van der Waals surface area contributed by atoms with Crippen molar-refractivity contribution < 1.29 is 14.0 Å². The van der Waals surface area contributed by atoms with Crippen molar-refractivity contribution in [3.05, 3.63) is 42.2 Å². The third-order valence-corrected chi connectivity index (χ3v) is 5.04. The molecule has 1 atom stereocenters. The number of hydrogen-bond acceptors (Lipinski definition) is 5. The van der Waals surface area contributed by atoms with Gasteiger partial charge in [0.05, 0.1) is 10.2 Å². The van der Waals surface area contributed by atoms with Crippen molar-refractivity contribution in [2.45, 2.75) is 32.7 Å². The first-order chi connectivity index (χ1) is 12.6. The van der Waals surface area contributed by atoms with Crippen LogP contribution in [0.25, 0.3) is 21.0 Å². The highest BCUT2D eigenvalue weighted by atomic mass is 32.1. The largest absolute Gasteiger partial charge is 0.448 e. The Morgan fingerprint density at radius 1 is 1.23 bits per heavy atom. The van der Waals surface area contributed by atoms with Crippen molar-refractivity contribution in [1.82, 2.24) is 15.6 Å². The van der Waals surface area contributed by atoms with E-state index in [1.54, 1.807) is 12.1 Å². The minimum absolute atomic E-state index is 0.0748. The van der Waals surface area contributed by atoms with E-state index in [0.29, 0.717) is 5.76 Å². The molecule has 0 aliphatic heterocycles. The van der Waals surface area contributed by atoms with Gasteiger partial charge in [0.15, 0.2) is 16.5 Å². The molecule has 2 aromatic heterocycles. The molecule has 136 valence electrons. The highest BCUT2D eigenvalue weighted by Crippen LogP contribution is 2.31. The van der Waals surface area contributed by atoms with Crippen molar-refractivity contribution in [1.29, 1.82) is 0 Å². The summed E-state index contributed by atoms with van der Waals surface area (Å²) in [6, 6.07) is 11.3. The van der Waals surface area contributed by atoms with Gasteiger partial charge in [-0.3, -0.25) is 9.59 Å². The third-order valence-electron chi connectivity index (χ3n) is 3.99. The van der Waals surface area contributed by atoms with E-state index in [4.69, 9.17) is 4.42 Å². The van der Waals surface area contributed by atoms with Crippen molar-refractivity contribution >= 4 is 33.4 Å². The van der Waals surface area contributed by atoms with E-state index in [1.807, 2.05) is 38.1 Å². The molecule has 6 nitrogen and oxygen atoms in total. The number of carbonyl (C=O) groups is 2. The molecule has 2 heterocycles. The number of nitrogens with zero attached hydrogens (tertiary/aromatic N) is 1. The van der Waals surface area contributed by atoms with Gasteiger partial charge in [0.2, 0.25) is 5.91 Å². The van der Waals surface area contributed by atoms with Gasteiger partial charge in [0.25, 0.3) is 5.91 Å². The molecule has 0 saturated heterocycles. The normalized spacial score (nSPS) is 12.1. The van der Waals surface area contributed by atoms with Crippen LogP contribution in [-0.4, -0.2) is 29.4 Å². The van der Waals surface area contributed by atoms with Gasteiger partial charge in [-0.25, -0.2) is 4.98 Å². The van der Waals surface area contributed by atoms with Crippen molar-refractivity contribution in [2.24, 2.45) is 0 Å². The van der Waals surface area contributed by atoms with Crippen LogP contribution in [-0.2, 0) is 4.79 Å². The predicted octanol–water partition coefficient (Wildman–Crippen LogP) is 3.59. The van der Waals surface area contributed by atoms with Crippen molar-refractivity contribution in [2.75, 3.05) is 6.54 Å². The molecular weight excluding hydrogens is 350 g/mol. The number of amides is 2. The number of carbonyl (C=O) groups excluding carboxylic acids is 2. The van der Waals surface area contributed by atoms with Gasteiger partial charge in [0.1, 0.15) is 0 Å². The zero-order chi connectivity index (χ0) is 18.5. The second kappa shape index (κ2) is 8.14. The minimum Gasteiger partial charge on any atom is -0.448 e. The Labute approximate surface area is 155 Å². The lowest BCUT2D eigenvalue weighted by molar-refractivity contribution is -0.121. The molecule has 0 spiro atoms. The van der Waals surface area contributed by atoms with Crippen molar-refractivity contribution in [3.63, 3.8) is 0 Å². The van der Waals surface area contributed by atoms with E-state index >= 15 is 0 Å². The summed E-state index contributed by atoms with van der Waals surface area (Å²) in [4.78, 5) is 28.4. The molecule has 0 fully saturated rings. The van der Waals surface area contributed by atoms with E-state index < -0.39 is 0 Å². The van der Waals surface area contributed by atoms with E-state index in [-0.39, 0.29) is 36.6 Å². The van der Waals surface area contributed by atoms with Gasteiger partial charge in [-0.1, -0.05) is 19.1 Å². The molecule has 3 rings (SSSR count). The first-order valence-electron chi connectivity index (χ1n) is 8.60. The smallest absolute Gasteiger partial charge is 0.287 e. The fourth-order valence-electron chi connectivity index (χ4n) is 2.38. The van der Waals surface area contributed by atoms with Crippen LogP contribution in [0.5, 0.6) is 0 Å². The fraction of sp³-hybridized carbons (Fsp3) is 0.316. The molecule has 0 aliphatic rings. The van der Waals surface area contributed by atoms with Gasteiger partial charge in [-0.2, -0.15) is 0 Å². The van der Waals surface area contributed by atoms with Crippen LogP contribution in [0.3, 0.4) is 0 Å². The Morgan fingerprint density at radius 2 is 2.04 bits per heavy atom. The Balaban J connectivity index is 1.57. The van der Waals surface area contributed by atoms with Crippen LogP contribution in [0.2, 0.25) is 0 Å². The Morgan fingerprint density at radius 3 is 2.81 bits per heavy atom. The quantitative estimate of drug-likeness (QED) is 0.665. The number of furan rings is 1. The molecule has 2 N–H and O–H groups in total. The number of nitrogens with one attached hydrogen (secondary N) is 2. The van der Waals surface area contributed by atoms with Crippen LogP contribution in [0.1, 0.15) is 37.2 Å². The average molecular weight is 371 g/mol. The molecule has 1 aromatic carbocycles. The summed E-state index contributed by atoms with van der Waals surface area (Å²) in [5.74, 6) is 0.357. The maximum absolute atomic E-state index is 12.2. The highest BCUT2D eigenvalue weighted by molar-refractivity contribution is 7.21. The molecule has 0 aliphatic carbocycles. The number of hydrogen-bond donors (Lipinski definition) is 2. The molecule has 26 heavy (non-hydrogen) atoms. The van der Waals surface area contributed by atoms with Crippen LogP contribution >= 0.6 is 11.3 Å². The second-order valence-electron chi connectivity index (χ2n) is 6.03. The Bertz CT molecular complexity index is 883. The van der Waals surface area contributed by atoms with Crippen molar-refractivity contribution in [3.8, 4) is 10.8 Å². The van der Waals surface area contributed by atoms with E-state index in [0.717, 1.165) is 21.6 Å². The molecule has 2 amide bonds. The summed E-state index contributed by atoms with van der Waals surface area (Å²) < 4.78 is 6.70. The van der Waals surface area contributed by atoms with E-state index in [9.17, 15) is 9.59 Å². The lowest BCUT2D eigenvalue weighted by atomic mass is 10.2. The number of para-hydroxylation sites is 1. The summed E-state index contributed by atoms with van der Waals surface area (Å²) in [5, 5.41) is 6.30. The summed E-state index contributed by atoms with van der Waals surface area (Å²) in [5.41, 5.74) is 0.905.